The van der Waals surface area contributed by atoms with Crippen LogP contribution in [0.4, 0.5) is 0 Å². The number of rotatable bonds is 5. The van der Waals surface area contributed by atoms with Gasteiger partial charge in [0.05, 0.1) is 25.5 Å². The lowest BCUT2D eigenvalue weighted by molar-refractivity contribution is 0.101. The summed E-state index contributed by atoms with van der Waals surface area (Å²) in [6.07, 6.45) is 1.78. The van der Waals surface area contributed by atoms with Gasteiger partial charge in [-0.05, 0) is 25.1 Å². The zero-order chi connectivity index (χ0) is 13.8. The molecule has 0 aliphatic carbocycles. The third kappa shape index (κ3) is 2.97. The van der Waals surface area contributed by atoms with Crippen molar-refractivity contribution in [3.05, 3.63) is 41.2 Å². The number of ketones is 1. The average molecular weight is 260 g/mol. The Kier molecular flexibility index (Phi) is 3.91. The van der Waals surface area contributed by atoms with Crippen LogP contribution in [0.15, 0.2) is 24.4 Å². The van der Waals surface area contributed by atoms with Gasteiger partial charge in [-0.25, -0.2) is 4.68 Å². The second-order valence-corrected chi connectivity index (χ2v) is 4.19. The van der Waals surface area contributed by atoms with E-state index in [9.17, 15) is 4.79 Å². The first-order valence-corrected chi connectivity index (χ1v) is 5.91. The molecule has 0 aliphatic rings. The minimum atomic E-state index is 0.0186. The molecule has 0 aliphatic heterocycles. The number of hydrogen-bond acceptors (Lipinski definition) is 5. The molecule has 0 atom stereocenters. The highest BCUT2D eigenvalue weighted by Crippen LogP contribution is 2.21. The van der Waals surface area contributed by atoms with Crippen LogP contribution in [0.2, 0.25) is 0 Å². The van der Waals surface area contributed by atoms with E-state index in [1.54, 1.807) is 30.1 Å². The Bertz CT molecular complexity index is 592. The molecule has 6 nitrogen and oxygen atoms in total. The molecule has 100 valence electrons. The molecule has 0 bridgehead atoms. The van der Waals surface area contributed by atoms with Crippen LogP contribution in [0.1, 0.15) is 28.5 Å². The molecule has 0 fully saturated rings. The highest BCUT2D eigenvalue weighted by Gasteiger charge is 2.09. The molecule has 0 spiro atoms. The topological polar surface area (TPSA) is 83.0 Å². The Labute approximate surface area is 111 Å². The molecular formula is C13H16N4O2. The van der Waals surface area contributed by atoms with E-state index < -0.39 is 0 Å². The van der Waals surface area contributed by atoms with E-state index in [-0.39, 0.29) is 5.78 Å². The maximum absolute atomic E-state index is 11.4. The lowest BCUT2D eigenvalue weighted by Gasteiger charge is -2.09. The van der Waals surface area contributed by atoms with Crippen molar-refractivity contribution in [1.29, 1.82) is 0 Å². The van der Waals surface area contributed by atoms with E-state index in [0.29, 0.717) is 18.7 Å². The number of benzene rings is 1. The van der Waals surface area contributed by atoms with E-state index in [1.165, 1.54) is 6.92 Å². The zero-order valence-electron chi connectivity index (χ0n) is 11.0. The van der Waals surface area contributed by atoms with Gasteiger partial charge in [0, 0.05) is 17.7 Å². The zero-order valence-corrected chi connectivity index (χ0v) is 11.0. The van der Waals surface area contributed by atoms with Crippen molar-refractivity contribution >= 4 is 5.78 Å². The number of ether oxygens (including phenoxy) is 1. The summed E-state index contributed by atoms with van der Waals surface area (Å²) < 4.78 is 6.96. The lowest BCUT2D eigenvalue weighted by Crippen LogP contribution is -2.04. The Balaban J connectivity index is 2.31. The Morgan fingerprint density at radius 1 is 1.47 bits per heavy atom. The maximum Gasteiger partial charge on any atom is 0.159 e. The van der Waals surface area contributed by atoms with Crippen molar-refractivity contribution in [2.45, 2.75) is 20.0 Å². The van der Waals surface area contributed by atoms with Gasteiger partial charge in [-0.1, -0.05) is 5.21 Å². The minimum Gasteiger partial charge on any atom is -0.496 e. The highest BCUT2D eigenvalue weighted by atomic mass is 16.5. The molecule has 0 saturated heterocycles. The minimum absolute atomic E-state index is 0.0186. The number of carbonyl (C=O) groups is 1. The summed E-state index contributed by atoms with van der Waals surface area (Å²) in [5.74, 6) is 0.736. The van der Waals surface area contributed by atoms with Crippen LogP contribution < -0.4 is 10.5 Å². The predicted molar refractivity (Wildman–Crippen MR) is 70.0 cm³/mol. The van der Waals surface area contributed by atoms with Crippen LogP contribution in [-0.4, -0.2) is 27.9 Å². The van der Waals surface area contributed by atoms with Crippen LogP contribution in [0, 0.1) is 0 Å². The molecule has 6 heteroatoms. The highest BCUT2D eigenvalue weighted by molar-refractivity contribution is 5.94. The fourth-order valence-electron chi connectivity index (χ4n) is 1.81. The number of aromatic nitrogens is 3. The monoisotopic (exact) mass is 260 g/mol. The summed E-state index contributed by atoms with van der Waals surface area (Å²) in [6.45, 7) is 2.37. The number of nitrogens with zero attached hydrogens (tertiary/aromatic N) is 3. The normalized spacial score (nSPS) is 10.5. The standard InChI is InChI=1S/C13H16N4O2/c1-9(18)10-3-4-13(19-2)11(5-10)7-17-8-12(6-14)15-16-17/h3-5,8H,6-7,14H2,1-2H3. The Morgan fingerprint density at radius 3 is 2.84 bits per heavy atom. The van der Waals surface area contributed by atoms with Crippen LogP contribution in [-0.2, 0) is 13.1 Å². The Hall–Kier alpha value is -2.21. The van der Waals surface area contributed by atoms with Gasteiger partial charge in [-0.15, -0.1) is 5.10 Å². The fraction of sp³-hybridized carbons (Fsp3) is 0.308. The van der Waals surface area contributed by atoms with Gasteiger partial charge in [0.25, 0.3) is 0 Å². The average Bonchev–Trinajstić information content (AvgIpc) is 2.86. The molecular weight excluding hydrogens is 244 g/mol. The largest absolute Gasteiger partial charge is 0.496 e. The molecule has 0 unspecified atom stereocenters. The predicted octanol–water partition coefficient (Wildman–Crippen LogP) is 0.996. The van der Waals surface area contributed by atoms with Crippen LogP contribution in [0.3, 0.4) is 0 Å². The second-order valence-electron chi connectivity index (χ2n) is 4.19. The first-order chi connectivity index (χ1) is 9.13. The summed E-state index contributed by atoms with van der Waals surface area (Å²) in [5.41, 5.74) is 7.74. The van der Waals surface area contributed by atoms with Crippen LogP contribution in [0.25, 0.3) is 0 Å². The summed E-state index contributed by atoms with van der Waals surface area (Å²) in [4.78, 5) is 11.4. The van der Waals surface area contributed by atoms with Crippen LogP contribution >= 0.6 is 0 Å². The SMILES string of the molecule is COc1ccc(C(C)=O)cc1Cn1cc(CN)nn1. The summed E-state index contributed by atoms with van der Waals surface area (Å²) in [6, 6.07) is 5.34. The molecule has 2 N–H and O–H groups in total. The first kappa shape index (κ1) is 13.2. The Morgan fingerprint density at radius 2 is 2.26 bits per heavy atom. The van der Waals surface area contributed by atoms with Crippen LogP contribution in [0.5, 0.6) is 5.75 Å². The summed E-state index contributed by atoms with van der Waals surface area (Å²) in [7, 11) is 1.60. The number of carbonyl (C=O) groups excluding carboxylic acids is 1. The molecule has 0 amide bonds. The quantitative estimate of drug-likeness (QED) is 0.811. The smallest absolute Gasteiger partial charge is 0.159 e. The maximum atomic E-state index is 11.4. The van der Waals surface area contributed by atoms with Crippen molar-refractivity contribution in [2.75, 3.05) is 7.11 Å². The number of Topliss-reactive ketones (excluding diaryl/α,β-unsaturated/α-hetero) is 1. The van der Waals surface area contributed by atoms with E-state index in [0.717, 1.165) is 17.0 Å². The van der Waals surface area contributed by atoms with Gasteiger partial charge >= 0.3 is 0 Å². The van der Waals surface area contributed by atoms with E-state index in [4.69, 9.17) is 10.5 Å². The molecule has 0 saturated carbocycles. The van der Waals surface area contributed by atoms with Gasteiger partial charge in [-0.2, -0.15) is 0 Å². The van der Waals surface area contributed by atoms with Gasteiger partial charge in [0.15, 0.2) is 5.78 Å². The van der Waals surface area contributed by atoms with E-state index in [1.807, 2.05) is 6.07 Å². The van der Waals surface area contributed by atoms with Gasteiger partial charge in [0.1, 0.15) is 5.75 Å². The van der Waals surface area contributed by atoms with Crippen molar-refractivity contribution in [1.82, 2.24) is 15.0 Å². The lowest BCUT2D eigenvalue weighted by atomic mass is 10.1. The van der Waals surface area contributed by atoms with Crippen molar-refractivity contribution < 1.29 is 9.53 Å². The molecule has 0 radical (unpaired) electrons. The van der Waals surface area contributed by atoms with Gasteiger partial charge in [0.2, 0.25) is 0 Å². The molecule has 1 aromatic carbocycles. The number of nitrogens with two attached hydrogens (primary N) is 1. The molecule has 2 rings (SSSR count). The third-order valence-electron chi connectivity index (χ3n) is 2.81. The van der Waals surface area contributed by atoms with Crippen molar-refractivity contribution in [3.63, 3.8) is 0 Å². The number of methoxy groups -OCH3 is 1. The van der Waals surface area contributed by atoms with Gasteiger partial charge in [-0.3, -0.25) is 4.79 Å². The van der Waals surface area contributed by atoms with E-state index in [2.05, 4.69) is 10.3 Å². The third-order valence-corrected chi connectivity index (χ3v) is 2.81. The summed E-state index contributed by atoms with van der Waals surface area (Å²) in [5, 5.41) is 7.90. The van der Waals surface area contributed by atoms with Crippen molar-refractivity contribution in [3.8, 4) is 5.75 Å². The molecule has 2 aromatic rings. The van der Waals surface area contributed by atoms with Gasteiger partial charge < -0.3 is 10.5 Å². The summed E-state index contributed by atoms with van der Waals surface area (Å²) >= 11 is 0. The molecule has 1 aromatic heterocycles. The van der Waals surface area contributed by atoms with E-state index >= 15 is 0 Å². The number of hydrogen-bond donors (Lipinski definition) is 1. The first-order valence-electron chi connectivity index (χ1n) is 5.91. The molecule has 19 heavy (non-hydrogen) atoms. The fourth-order valence-corrected chi connectivity index (χ4v) is 1.81. The second kappa shape index (κ2) is 5.62. The van der Waals surface area contributed by atoms with Crippen molar-refractivity contribution in [2.24, 2.45) is 5.73 Å². The molecule has 1 heterocycles.